The Labute approximate surface area is 258 Å². The summed E-state index contributed by atoms with van der Waals surface area (Å²) in [7, 11) is 0. The number of benzene rings is 2. The Kier molecular flexibility index (Phi) is 8.51. The number of Topliss-reactive ketones (excluding diaryl/α,β-unsaturated/α-hetero) is 1. The number of carbonyl (C=O) groups is 4. The van der Waals surface area contributed by atoms with Crippen LogP contribution in [-0.2, 0) is 17.7 Å². The summed E-state index contributed by atoms with van der Waals surface area (Å²) < 4.78 is 33.7. The highest BCUT2D eigenvalue weighted by atomic mass is 19.2. The maximum atomic E-state index is 13.7. The van der Waals surface area contributed by atoms with Crippen LogP contribution in [0.3, 0.4) is 0 Å². The Hall–Kier alpha value is -5.00. The average molecular weight is 618 g/mol. The number of ketones is 1. The van der Waals surface area contributed by atoms with Gasteiger partial charge in [0.2, 0.25) is 0 Å². The number of amides is 2. The maximum absolute atomic E-state index is 13.7. The highest BCUT2D eigenvalue weighted by Gasteiger charge is 2.30. The molecule has 1 aliphatic carbocycles. The van der Waals surface area contributed by atoms with Gasteiger partial charge in [-0.15, -0.1) is 0 Å². The van der Waals surface area contributed by atoms with Crippen LogP contribution in [0.4, 0.5) is 8.78 Å². The van der Waals surface area contributed by atoms with Crippen molar-refractivity contribution < 1.29 is 32.7 Å². The van der Waals surface area contributed by atoms with Gasteiger partial charge in [-0.2, -0.15) is 5.10 Å². The first-order valence-corrected chi connectivity index (χ1v) is 14.6. The predicted octanol–water partition coefficient (Wildman–Crippen LogP) is 5.21. The first-order valence-electron chi connectivity index (χ1n) is 14.6. The molecule has 2 aromatic heterocycles. The third-order valence-corrected chi connectivity index (χ3v) is 7.61. The van der Waals surface area contributed by atoms with Crippen molar-refractivity contribution in [1.29, 1.82) is 0 Å². The quantitative estimate of drug-likeness (QED) is 0.205. The van der Waals surface area contributed by atoms with Crippen LogP contribution in [0.5, 0.6) is 0 Å². The van der Waals surface area contributed by atoms with Gasteiger partial charge in [0.25, 0.3) is 11.8 Å². The van der Waals surface area contributed by atoms with Crippen LogP contribution in [0.25, 0.3) is 5.65 Å². The van der Waals surface area contributed by atoms with E-state index in [1.807, 2.05) is 13.0 Å². The maximum Gasteiger partial charge on any atom is 0.338 e. The molecule has 2 N–H and O–H groups in total. The number of hydrogen-bond acceptors (Lipinski definition) is 7. The fourth-order valence-corrected chi connectivity index (χ4v) is 5.37. The van der Waals surface area contributed by atoms with E-state index in [4.69, 9.17) is 4.74 Å². The van der Waals surface area contributed by atoms with E-state index in [2.05, 4.69) is 20.7 Å². The number of nitrogens with zero attached hydrogens (tertiary/aromatic N) is 3. The number of carbonyl (C=O) groups excluding carboxylic acids is 4. The van der Waals surface area contributed by atoms with Gasteiger partial charge in [-0.25, -0.2) is 23.1 Å². The molecule has 12 heteroatoms. The molecule has 10 nitrogen and oxygen atoms in total. The van der Waals surface area contributed by atoms with Crippen LogP contribution in [0, 0.1) is 18.6 Å². The minimum absolute atomic E-state index is 0.0244. The number of ether oxygens (including phenoxy) is 1. The van der Waals surface area contributed by atoms with Gasteiger partial charge in [0.15, 0.2) is 23.1 Å². The second-order valence-electron chi connectivity index (χ2n) is 11.9. The van der Waals surface area contributed by atoms with Crippen molar-refractivity contribution >= 4 is 29.2 Å². The molecule has 0 spiro atoms. The zero-order valence-corrected chi connectivity index (χ0v) is 25.6. The molecule has 0 bridgehead atoms. The van der Waals surface area contributed by atoms with Crippen molar-refractivity contribution in [2.75, 3.05) is 0 Å². The van der Waals surface area contributed by atoms with Gasteiger partial charge in [0.05, 0.1) is 23.4 Å². The average Bonchev–Trinajstić information content (AvgIpc) is 3.60. The van der Waals surface area contributed by atoms with E-state index in [1.165, 1.54) is 22.8 Å². The molecule has 0 radical (unpaired) electrons. The second kappa shape index (κ2) is 12.2. The predicted molar refractivity (Wildman–Crippen MR) is 160 cm³/mol. The van der Waals surface area contributed by atoms with Crippen LogP contribution in [0.15, 0.2) is 42.6 Å². The van der Waals surface area contributed by atoms with Crippen LogP contribution in [0.1, 0.15) is 111 Å². The zero-order chi connectivity index (χ0) is 32.6. The van der Waals surface area contributed by atoms with E-state index in [1.54, 1.807) is 33.8 Å². The molecule has 234 valence electrons. The summed E-state index contributed by atoms with van der Waals surface area (Å²) in [5, 5.41) is 9.83. The summed E-state index contributed by atoms with van der Waals surface area (Å²) in [6, 6.07) is 7.65. The highest BCUT2D eigenvalue weighted by molar-refractivity contribution is 6.04. The molecule has 4 aromatic rings. The van der Waals surface area contributed by atoms with Gasteiger partial charge in [-0.05, 0) is 81.0 Å². The summed E-state index contributed by atoms with van der Waals surface area (Å²) in [6.45, 7) is 8.81. The molecule has 1 aliphatic rings. The lowest BCUT2D eigenvalue weighted by Gasteiger charge is -2.21. The third-order valence-electron chi connectivity index (χ3n) is 7.61. The van der Waals surface area contributed by atoms with Crippen molar-refractivity contribution in [2.45, 2.75) is 72.1 Å². The van der Waals surface area contributed by atoms with Crippen LogP contribution < -0.4 is 10.6 Å². The summed E-state index contributed by atoms with van der Waals surface area (Å²) in [5.41, 5.74) is 2.76. The molecular formula is C33H33F2N5O5. The Morgan fingerprint density at radius 1 is 1.02 bits per heavy atom. The molecule has 1 atom stereocenters. The van der Waals surface area contributed by atoms with Gasteiger partial charge in [-0.3, -0.25) is 14.4 Å². The molecule has 0 aliphatic heterocycles. The standard InChI is InChI=1S/C33H33F2N5O5/c1-6-28(41)22-16-37-40-27(14-26(38-29(22)40)30(42)36-15-18-7-11-23(34)24(35)13-18)31(43)39-25-12-10-19-17(2)20(8-9-21(19)25)32(44)45-33(3,4)5/h7-9,11,13-14,16,25H,6,10,12,15H2,1-5H3,(H,36,42)(H,39,43)/t25-/m0/s1. The van der Waals surface area contributed by atoms with Crippen molar-refractivity contribution in [3.8, 4) is 0 Å². The second-order valence-corrected chi connectivity index (χ2v) is 11.9. The molecular weight excluding hydrogens is 584 g/mol. The lowest BCUT2D eigenvalue weighted by molar-refractivity contribution is 0.00682. The fraction of sp³-hybridized carbons (Fsp3) is 0.333. The number of nitrogens with one attached hydrogen (secondary N) is 2. The van der Waals surface area contributed by atoms with Crippen LogP contribution >= 0.6 is 0 Å². The largest absolute Gasteiger partial charge is 0.456 e. The fourth-order valence-electron chi connectivity index (χ4n) is 5.37. The van der Waals surface area contributed by atoms with E-state index >= 15 is 0 Å². The number of rotatable bonds is 8. The summed E-state index contributed by atoms with van der Waals surface area (Å²) in [5.74, 6) is -3.99. The van der Waals surface area contributed by atoms with Crippen LogP contribution in [0.2, 0.25) is 0 Å². The SMILES string of the molecule is CCC(=O)c1cnn2c(C(=O)N[C@H]3CCc4c3ccc(C(=O)OC(C)(C)C)c4C)cc(C(=O)NCc3ccc(F)c(F)c3)nc12. The van der Waals surface area contributed by atoms with Crippen molar-refractivity contribution in [3.63, 3.8) is 0 Å². The van der Waals surface area contributed by atoms with E-state index < -0.39 is 35.0 Å². The Morgan fingerprint density at radius 3 is 2.47 bits per heavy atom. The summed E-state index contributed by atoms with van der Waals surface area (Å²) in [6.07, 6.45) is 2.66. The first kappa shape index (κ1) is 31.4. The van der Waals surface area contributed by atoms with Crippen molar-refractivity contribution in [2.24, 2.45) is 0 Å². The third kappa shape index (κ3) is 6.45. The molecule has 0 saturated heterocycles. The van der Waals surface area contributed by atoms with Gasteiger partial charge < -0.3 is 15.4 Å². The monoisotopic (exact) mass is 617 g/mol. The van der Waals surface area contributed by atoms with Crippen molar-refractivity contribution in [1.82, 2.24) is 25.2 Å². The van der Waals surface area contributed by atoms with E-state index in [0.29, 0.717) is 24.0 Å². The molecule has 2 amide bonds. The van der Waals surface area contributed by atoms with E-state index in [-0.39, 0.29) is 47.4 Å². The minimum atomic E-state index is -1.05. The summed E-state index contributed by atoms with van der Waals surface area (Å²) >= 11 is 0. The molecule has 5 rings (SSSR count). The van der Waals surface area contributed by atoms with E-state index in [9.17, 15) is 28.0 Å². The van der Waals surface area contributed by atoms with E-state index in [0.717, 1.165) is 28.8 Å². The smallest absolute Gasteiger partial charge is 0.338 e. The Morgan fingerprint density at radius 2 is 1.78 bits per heavy atom. The van der Waals surface area contributed by atoms with Gasteiger partial charge in [0, 0.05) is 19.0 Å². The van der Waals surface area contributed by atoms with Gasteiger partial charge >= 0.3 is 5.97 Å². The number of fused-ring (bicyclic) bond motifs is 2. The molecule has 0 saturated carbocycles. The Bertz CT molecular complexity index is 1860. The molecule has 45 heavy (non-hydrogen) atoms. The highest BCUT2D eigenvalue weighted by Crippen LogP contribution is 2.35. The van der Waals surface area contributed by atoms with Crippen molar-refractivity contribution in [3.05, 3.63) is 99.0 Å². The first-order chi connectivity index (χ1) is 21.3. The van der Waals surface area contributed by atoms with Gasteiger partial charge in [-0.1, -0.05) is 19.1 Å². The lowest BCUT2D eigenvalue weighted by Crippen LogP contribution is -2.31. The number of halogens is 2. The number of aromatic nitrogens is 3. The minimum Gasteiger partial charge on any atom is -0.456 e. The lowest BCUT2D eigenvalue weighted by atomic mass is 9.97. The molecule has 0 fully saturated rings. The Balaban J connectivity index is 1.43. The molecule has 2 heterocycles. The zero-order valence-electron chi connectivity index (χ0n) is 25.6. The van der Waals surface area contributed by atoms with Crippen LogP contribution in [-0.4, -0.2) is 43.8 Å². The normalized spacial score (nSPS) is 14.2. The van der Waals surface area contributed by atoms with Gasteiger partial charge in [0.1, 0.15) is 17.0 Å². The molecule has 2 aromatic carbocycles. The number of esters is 1. The summed E-state index contributed by atoms with van der Waals surface area (Å²) in [4.78, 5) is 56.6. The number of hydrogen-bond donors (Lipinski definition) is 2. The topological polar surface area (TPSA) is 132 Å². The molecule has 0 unspecified atom stereocenters.